The van der Waals surface area contributed by atoms with Gasteiger partial charge >= 0.3 is 5.97 Å². The summed E-state index contributed by atoms with van der Waals surface area (Å²) in [4.78, 5) is 12.0. The molecule has 7 nitrogen and oxygen atoms in total. The predicted octanol–water partition coefficient (Wildman–Crippen LogP) is 1.42. The second-order valence-electron chi connectivity index (χ2n) is 5.86. The second kappa shape index (κ2) is 6.74. The molecule has 1 atom stereocenters. The molecular formula is C13H23N5O2S. The predicted molar refractivity (Wildman–Crippen MR) is 80.1 cm³/mol. The van der Waals surface area contributed by atoms with Crippen molar-refractivity contribution in [3.05, 3.63) is 0 Å². The Bertz CT molecular complexity index is 489. The molecule has 1 aromatic heterocycles. The number of hydrogen-bond donors (Lipinski definition) is 1. The van der Waals surface area contributed by atoms with E-state index < -0.39 is 5.54 Å². The smallest absolute Gasteiger partial charge is 0.325 e. The Balaban J connectivity index is 1.92. The number of aromatic nitrogens is 4. The van der Waals surface area contributed by atoms with Gasteiger partial charge in [-0.15, -0.1) is 5.10 Å². The average molecular weight is 313 g/mol. The van der Waals surface area contributed by atoms with Crippen LogP contribution in [0.3, 0.4) is 0 Å². The Hall–Kier alpha value is -1.15. The highest BCUT2D eigenvalue weighted by molar-refractivity contribution is 7.99. The summed E-state index contributed by atoms with van der Waals surface area (Å²) in [6.07, 6.45) is 2.95. The van der Waals surface area contributed by atoms with Crippen LogP contribution in [-0.2, 0) is 9.53 Å². The maximum atomic E-state index is 12.0. The van der Waals surface area contributed by atoms with Crippen molar-refractivity contribution < 1.29 is 9.53 Å². The molecule has 0 spiro atoms. The molecule has 0 saturated heterocycles. The van der Waals surface area contributed by atoms with E-state index in [9.17, 15) is 4.79 Å². The number of thioether (sulfide) groups is 1. The SMILES string of the molecule is COC(=O)C(C)(CCSc1nnnn1C1CC1)NC(C)C. The highest BCUT2D eigenvalue weighted by atomic mass is 32.2. The minimum absolute atomic E-state index is 0.205. The number of carbonyl (C=O) groups is 1. The number of nitrogens with one attached hydrogen (secondary N) is 1. The van der Waals surface area contributed by atoms with Gasteiger partial charge < -0.3 is 4.74 Å². The molecule has 0 aromatic carbocycles. The van der Waals surface area contributed by atoms with Gasteiger partial charge in [0.25, 0.3) is 0 Å². The first kappa shape index (κ1) is 16.2. The molecule has 21 heavy (non-hydrogen) atoms. The first-order valence-corrected chi connectivity index (χ1v) is 8.21. The standard InChI is InChI=1S/C13H23N5O2S/c1-9(2)14-13(3,11(19)20-4)7-8-21-12-15-16-17-18(12)10-5-6-10/h9-10,14H,5-8H2,1-4H3. The normalized spacial score (nSPS) is 17.8. The molecule has 0 radical (unpaired) electrons. The molecule has 1 aliphatic rings. The average Bonchev–Trinajstić information content (AvgIpc) is 3.17. The summed E-state index contributed by atoms with van der Waals surface area (Å²) in [5.41, 5.74) is -0.687. The second-order valence-corrected chi connectivity index (χ2v) is 6.92. The van der Waals surface area contributed by atoms with Gasteiger partial charge in [0.15, 0.2) is 0 Å². The van der Waals surface area contributed by atoms with Crippen LogP contribution in [0.15, 0.2) is 5.16 Å². The van der Waals surface area contributed by atoms with E-state index in [2.05, 4.69) is 20.8 Å². The fourth-order valence-electron chi connectivity index (χ4n) is 2.27. The van der Waals surface area contributed by atoms with E-state index >= 15 is 0 Å². The third-order valence-corrected chi connectivity index (χ3v) is 4.37. The lowest BCUT2D eigenvalue weighted by molar-refractivity contribution is -0.148. The topological polar surface area (TPSA) is 81.9 Å². The molecule has 0 amide bonds. The van der Waals surface area contributed by atoms with E-state index in [0.29, 0.717) is 12.5 Å². The molecule has 1 saturated carbocycles. The van der Waals surface area contributed by atoms with E-state index in [1.807, 2.05) is 25.5 Å². The van der Waals surface area contributed by atoms with E-state index in [1.54, 1.807) is 11.8 Å². The van der Waals surface area contributed by atoms with Crippen LogP contribution >= 0.6 is 11.8 Å². The molecule has 8 heteroatoms. The molecule has 0 aliphatic heterocycles. The lowest BCUT2D eigenvalue weighted by Gasteiger charge is -2.30. The number of methoxy groups -OCH3 is 1. The number of hydrogen-bond acceptors (Lipinski definition) is 7. The van der Waals surface area contributed by atoms with Crippen molar-refractivity contribution in [2.75, 3.05) is 12.9 Å². The Labute approximate surface area is 129 Å². The Kier molecular flexibility index (Phi) is 5.21. The number of esters is 1. The molecule has 1 fully saturated rings. The summed E-state index contributed by atoms with van der Waals surface area (Å²) in [6.45, 7) is 5.91. The molecule has 1 unspecified atom stereocenters. The first-order chi connectivity index (χ1) is 9.96. The van der Waals surface area contributed by atoms with Crippen molar-refractivity contribution in [1.82, 2.24) is 25.5 Å². The minimum Gasteiger partial charge on any atom is -0.468 e. The van der Waals surface area contributed by atoms with E-state index in [1.165, 1.54) is 7.11 Å². The number of ether oxygens (including phenoxy) is 1. The van der Waals surface area contributed by atoms with Gasteiger partial charge in [0.1, 0.15) is 5.54 Å². The molecular weight excluding hydrogens is 290 g/mol. The first-order valence-electron chi connectivity index (χ1n) is 7.23. The van der Waals surface area contributed by atoms with Gasteiger partial charge in [-0.05, 0) is 50.5 Å². The fraction of sp³-hybridized carbons (Fsp3) is 0.846. The maximum Gasteiger partial charge on any atom is 0.325 e. The van der Waals surface area contributed by atoms with E-state index in [-0.39, 0.29) is 12.0 Å². The summed E-state index contributed by atoms with van der Waals surface area (Å²) in [5.74, 6) is 0.511. The Morgan fingerprint density at radius 1 is 1.57 bits per heavy atom. The van der Waals surface area contributed by atoms with Crippen molar-refractivity contribution in [3.8, 4) is 0 Å². The molecule has 2 rings (SSSR count). The highest BCUT2D eigenvalue weighted by Gasteiger charge is 2.35. The number of nitrogens with zero attached hydrogens (tertiary/aromatic N) is 4. The van der Waals surface area contributed by atoms with Crippen molar-refractivity contribution in [2.24, 2.45) is 0 Å². The van der Waals surface area contributed by atoms with Crippen molar-refractivity contribution >= 4 is 17.7 Å². The van der Waals surface area contributed by atoms with Crippen LogP contribution in [0, 0.1) is 0 Å². The molecule has 1 aliphatic carbocycles. The van der Waals surface area contributed by atoms with Crippen LogP contribution in [0.4, 0.5) is 0 Å². The number of tetrazole rings is 1. The number of carbonyl (C=O) groups excluding carboxylic acids is 1. The van der Waals surface area contributed by atoms with Crippen LogP contribution in [0.1, 0.15) is 46.1 Å². The molecule has 1 aromatic rings. The summed E-state index contributed by atoms with van der Waals surface area (Å²) in [6, 6.07) is 0.666. The zero-order valence-electron chi connectivity index (χ0n) is 13.0. The van der Waals surface area contributed by atoms with E-state index in [4.69, 9.17) is 4.74 Å². The fourth-order valence-corrected chi connectivity index (χ4v) is 3.38. The third kappa shape index (κ3) is 4.16. The van der Waals surface area contributed by atoms with Crippen LogP contribution in [0.5, 0.6) is 0 Å². The largest absolute Gasteiger partial charge is 0.468 e. The monoisotopic (exact) mass is 313 g/mol. The van der Waals surface area contributed by atoms with Crippen LogP contribution in [0.25, 0.3) is 0 Å². The number of rotatable bonds is 8. The summed E-state index contributed by atoms with van der Waals surface area (Å²) in [7, 11) is 1.42. The van der Waals surface area contributed by atoms with Gasteiger partial charge in [-0.3, -0.25) is 10.1 Å². The lowest BCUT2D eigenvalue weighted by atomic mass is 9.98. The Morgan fingerprint density at radius 2 is 2.29 bits per heavy atom. The van der Waals surface area contributed by atoms with Gasteiger partial charge in [-0.1, -0.05) is 11.8 Å². The van der Waals surface area contributed by atoms with Crippen molar-refractivity contribution in [1.29, 1.82) is 0 Å². The minimum atomic E-state index is -0.687. The summed E-state index contributed by atoms with van der Waals surface area (Å²) < 4.78 is 6.80. The van der Waals surface area contributed by atoms with Crippen molar-refractivity contribution in [3.63, 3.8) is 0 Å². The van der Waals surface area contributed by atoms with E-state index in [0.717, 1.165) is 23.8 Å². The van der Waals surface area contributed by atoms with Gasteiger partial charge in [0.05, 0.1) is 13.2 Å². The molecule has 1 N–H and O–H groups in total. The molecule has 0 bridgehead atoms. The van der Waals surface area contributed by atoms with Gasteiger partial charge in [-0.25, -0.2) is 4.68 Å². The van der Waals surface area contributed by atoms with Gasteiger partial charge in [0.2, 0.25) is 5.16 Å². The highest BCUT2D eigenvalue weighted by Crippen LogP contribution is 2.36. The summed E-state index contributed by atoms with van der Waals surface area (Å²) >= 11 is 1.58. The van der Waals surface area contributed by atoms with Crippen LogP contribution < -0.4 is 5.32 Å². The quantitative estimate of drug-likeness (QED) is 0.574. The van der Waals surface area contributed by atoms with Crippen molar-refractivity contribution in [2.45, 2.75) is 62.8 Å². The molecule has 1 heterocycles. The molecule has 118 valence electrons. The maximum absolute atomic E-state index is 12.0. The van der Waals surface area contributed by atoms with Crippen LogP contribution in [0.2, 0.25) is 0 Å². The van der Waals surface area contributed by atoms with Gasteiger partial charge in [-0.2, -0.15) is 0 Å². The summed E-state index contributed by atoms with van der Waals surface area (Å²) in [5, 5.41) is 15.9. The zero-order chi connectivity index (χ0) is 15.5. The third-order valence-electron chi connectivity index (χ3n) is 3.43. The zero-order valence-corrected chi connectivity index (χ0v) is 13.8. The lowest BCUT2D eigenvalue weighted by Crippen LogP contribution is -2.53. The Morgan fingerprint density at radius 3 is 2.86 bits per heavy atom. The van der Waals surface area contributed by atoms with Crippen LogP contribution in [-0.4, -0.2) is 50.6 Å². The van der Waals surface area contributed by atoms with Gasteiger partial charge in [0, 0.05) is 11.8 Å².